The summed E-state index contributed by atoms with van der Waals surface area (Å²) in [5.74, 6) is 0.0838. The van der Waals surface area contributed by atoms with Crippen molar-refractivity contribution in [3.05, 3.63) is 76.0 Å². The molecule has 1 aromatic heterocycles. The Bertz CT molecular complexity index is 1080. The maximum absolute atomic E-state index is 13.7. The Kier molecular flexibility index (Phi) is 6.43. The smallest absolute Gasteiger partial charge is 0.295 e. The molecule has 1 amide bonds. The maximum atomic E-state index is 13.7. The molecule has 0 aliphatic rings. The first-order valence-corrected chi connectivity index (χ1v) is 10.1. The van der Waals surface area contributed by atoms with Crippen LogP contribution in [0.15, 0.2) is 53.3 Å². The monoisotopic (exact) mass is 415 g/mol. The quantitative estimate of drug-likeness (QED) is 0.641. The summed E-state index contributed by atoms with van der Waals surface area (Å²) in [7, 11) is 3.18. The minimum Gasteiger partial charge on any atom is -0.494 e. The number of aromatic nitrogens is 2. The molecule has 3 rings (SSSR count). The molecule has 2 aromatic carbocycles. The molecule has 0 saturated carbocycles. The molecular weight excluding hydrogens is 393 g/mol. The normalized spacial score (nSPS) is 10.8. The highest BCUT2D eigenvalue weighted by Gasteiger charge is 2.18. The Labute approximate surface area is 172 Å². The summed E-state index contributed by atoms with van der Waals surface area (Å²) in [6, 6.07) is 13.9. The molecule has 0 unspecified atom stereocenters. The molecule has 1 N–H and O–H groups in total. The Morgan fingerprint density at radius 2 is 1.93 bits per heavy atom. The van der Waals surface area contributed by atoms with Crippen molar-refractivity contribution in [2.75, 3.05) is 18.2 Å². The first-order chi connectivity index (χ1) is 13.9. The van der Waals surface area contributed by atoms with E-state index in [2.05, 4.69) is 5.32 Å². The van der Waals surface area contributed by atoms with Crippen LogP contribution in [0.5, 0.6) is 5.75 Å². The van der Waals surface area contributed by atoms with Gasteiger partial charge in [-0.25, -0.2) is 9.07 Å². The molecular formula is C21H22FN3O3S. The van der Waals surface area contributed by atoms with E-state index in [-0.39, 0.29) is 28.7 Å². The van der Waals surface area contributed by atoms with Gasteiger partial charge in [-0.15, -0.1) is 11.8 Å². The fourth-order valence-corrected chi connectivity index (χ4v) is 3.72. The van der Waals surface area contributed by atoms with Crippen LogP contribution in [0.4, 0.5) is 10.1 Å². The van der Waals surface area contributed by atoms with Gasteiger partial charge >= 0.3 is 0 Å². The number of rotatable bonds is 7. The fourth-order valence-electron chi connectivity index (χ4n) is 2.95. The lowest BCUT2D eigenvalue weighted by Gasteiger charge is -2.07. The summed E-state index contributed by atoms with van der Waals surface area (Å²) < 4.78 is 21.9. The Morgan fingerprint density at radius 1 is 1.21 bits per heavy atom. The number of ether oxygens (including phenoxy) is 1. The number of hydrogen-bond acceptors (Lipinski definition) is 4. The molecule has 0 bridgehead atoms. The van der Waals surface area contributed by atoms with Crippen molar-refractivity contribution in [3.63, 3.8) is 0 Å². The summed E-state index contributed by atoms with van der Waals surface area (Å²) in [5, 5.41) is 2.72. The van der Waals surface area contributed by atoms with E-state index in [9.17, 15) is 14.0 Å². The van der Waals surface area contributed by atoms with Gasteiger partial charge in [0.15, 0.2) is 11.6 Å². The number of nitrogens with zero attached hydrogens (tertiary/aromatic N) is 2. The second-order valence-electron chi connectivity index (χ2n) is 6.45. The van der Waals surface area contributed by atoms with Gasteiger partial charge in [0.1, 0.15) is 5.69 Å². The summed E-state index contributed by atoms with van der Waals surface area (Å²) in [6.45, 7) is 1.78. The van der Waals surface area contributed by atoms with Crippen molar-refractivity contribution in [1.29, 1.82) is 0 Å². The Morgan fingerprint density at radius 3 is 2.59 bits per heavy atom. The van der Waals surface area contributed by atoms with Crippen LogP contribution in [0.3, 0.4) is 0 Å². The predicted octanol–water partition coefficient (Wildman–Crippen LogP) is 3.50. The van der Waals surface area contributed by atoms with Gasteiger partial charge in [-0.1, -0.05) is 24.3 Å². The highest BCUT2D eigenvalue weighted by Crippen LogP contribution is 2.21. The van der Waals surface area contributed by atoms with Gasteiger partial charge in [0.2, 0.25) is 5.91 Å². The Balaban J connectivity index is 1.65. The lowest BCUT2D eigenvalue weighted by atomic mass is 10.2. The van der Waals surface area contributed by atoms with E-state index < -0.39 is 5.82 Å². The zero-order valence-electron chi connectivity index (χ0n) is 16.4. The van der Waals surface area contributed by atoms with Gasteiger partial charge in [0.25, 0.3) is 5.56 Å². The predicted molar refractivity (Wildman–Crippen MR) is 113 cm³/mol. The number of thioether (sulfide) groups is 1. The molecule has 8 heteroatoms. The Hall–Kier alpha value is -3.00. The number of carbonyl (C=O) groups excluding carboxylic acids is 1. The van der Waals surface area contributed by atoms with Crippen LogP contribution in [0.1, 0.15) is 11.3 Å². The molecule has 152 valence electrons. The number of halogens is 1. The van der Waals surface area contributed by atoms with Crippen LogP contribution in [-0.4, -0.2) is 28.1 Å². The van der Waals surface area contributed by atoms with E-state index in [1.807, 2.05) is 30.3 Å². The van der Waals surface area contributed by atoms with Crippen molar-refractivity contribution in [2.24, 2.45) is 7.05 Å². The number of anilines is 1. The topological polar surface area (TPSA) is 65.3 Å². The van der Waals surface area contributed by atoms with Gasteiger partial charge in [-0.3, -0.25) is 14.3 Å². The van der Waals surface area contributed by atoms with E-state index in [4.69, 9.17) is 4.74 Å². The minimum absolute atomic E-state index is 0.146. The zero-order chi connectivity index (χ0) is 21.0. The molecule has 0 aliphatic carbocycles. The third kappa shape index (κ3) is 4.54. The standard InChI is InChI=1S/C21H22FN3O3S/c1-14-20(21(27)25(24(14)2)16-7-5-4-6-8-16)23-19(26)13-29-12-15-9-10-18(28-3)17(22)11-15/h4-11H,12-13H2,1-3H3,(H,23,26). The fraction of sp³-hybridized carbons (Fsp3) is 0.238. The number of para-hydroxylation sites is 1. The van der Waals surface area contributed by atoms with Crippen molar-refractivity contribution >= 4 is 23.4 Å². The van der Waals surface area contributed by atoms with E-state index >= 15 is 0 Å². The summed E-state index contributed by atoms with van der Waals surface area (Å²) in [5.41, 5.74) is 2.11. The number of benzene rings is 2. The average molecular weight is 415 g/mol. The van der Waals surface area contributed by atoms with Crippen LogP contribution in [0.25, 0.3) is 5.69 Å². The molecule has 0 saturated heterocycles. The first-order valence-electron chi connectivity index (χ1n) is 8.96. The number of amides is 1. The van der Waals surface area contributed by atoms with Crippen molar-refractivity contribution in [3.8, 4) is 11.4 Å². The largest absolute Gasteiger partial charge is 0.494 e. The third-order valence-corrected chi connectivity index (χ3v) is 5.54. The van der Waals surface area contributed by atoms with Gasteiger partial charge < -0.3 is 10.1 Å². The van der Waals surface area contributed by atoms with Crippen molar-refractivity contribution in [1.82, 2.24) is 9.36 Å². The van der Waals surface area contributed by atoms with Crippen LogP contribution in [-0.2, 0) is 17.6 Å². The lowest BCUT2D eigenvalue weighted by Crippen LogP contribution is -2.23. The summed E-state index contributed by atoms with van der Waals surface area (Å²) >= 11 is 1.34. The number of methoxy groups -OCH3 is 1. The second kappa shape index (κ2) is 9.00. The first kappa shape index (κ1) is 20.7. The average Bonchev–Trinajstić information content (AvgIpc) is 2.92. The van der Waals surface area contributed by atoms with E-state index in [1.54, 1.807) is 30.8 Å². The van der Waals surface area contributed by atoms with Crippen LogP contribution < -0.4 is 15.6 Å². The van der Waals surface area contributed by atoms with Crippen LogP contribution in [0, 0.1) is 12.7 Å². The summed E-state index contributed by atoms with van der Waals surface area (Å²) in [6.07, 6.45) is 0. The molecule has 0 fully saturated rings. The number of carbonyl (C=O) groups is 1. The minimum atomic E-state index is -0.434. The van der Waals surface area contributed by atoms with E-state index in [0.29, 0.717) is 11.4 Å². The third-order valence-electron chi connectivity index (χ3n) is 4.54. The number of nitrogens with one attached hydrogen (secondary N) is 1. The van der Waals surface area contributed by atoms with Gasteiger partial charge in [0, 0.05) is 12.8 Å². The van der Waals surface area contributed by atoms with E-state index in [1.165, 1.54) is 29.6 Å². The SMILES string of the molecule is COc1ccc(CSCC(=O)Nc2c(C)n(C)n(-c3ccccc3)c2=O)cc1F. The number of hydrogen-bond donors (Lipinski definition) is 1. The van der Waals surface area contributed by atoms with Crippen LogP contribution in [0.2, 0.25) is 0 Å². The molecule has 0 radical (unpaired) electrons. The van der Waals surface area contributed by atoms with Crippen molar-refractivity contribution in [2.45, 2.75) is 12.7 Å². The molecule has 6 nitrogen and oxygen atoms in total. The van der Waals surface area contributed by atoms with Crippen LogP contribution >= 0.6 is 11.8 Å². The molecule has 3 aromatic rings. The molecule has 0 atom stereocenters. The lowest BCUT2D eigenvalue weighted by molar-refractivity contribution is -0.113. The van der Waals surface area contributed by atoms with Crippen molar-refractivity contribution < 1.29 is 13.9 Å². The highest BCUT2D eigenvalue weighted by atomic mass is 32.2. The maximum Gasteiger partial charge on any atom is 0.295 e. The van der Waals surface area contributed by atoms with Gasteiger partial charge in [-0.05, 0) is 36.8 Å². The van der Waals surface area contributed by atoms with E-state index in [0.717, 1.165) is 11.3 Å². The zero-order valence-corrected chi connectivity index (χ0v) is 17.3. The highest BCUT2D eigenvalue weighted by molar-refractivity contribution is 7.99. The second-order valence-corrected chi connectivity index (χ2v) is 7.43. The molecule has 1 heterocycles. The molecule has 29 heavy (non-hydrogen) atoms. The van der Waals surface area contributed by atoms with Gasteiger partial charge in [0.05, 0.1) is 24.2 Å². The summed E-state index contributed by atoms with van der Waals surface area (Å²) in [4.78, 5) is 25.2. The molecule has 0 spiro atoms. The van der Waals surface area contributed by atoms with Gasteiger partial charge in [-0.2, -0.15) is 0 Å². The molecule has 0 aliphatic heterocycles.